The van der Waals surface area contributed by atoms with Crippen LogP contribution in [-0.4, -0.2) is 40.4 Å². The predicted molar refractivity (Wildman–Crippen MR) is 103 cm³/mol. The molecular formula is C20H20ClNO5. The fourth-order valence-electron chi connectivity index (χ4n) is 2.23. The molecule has 0 radical (unpaired) electrons. The van der Waals surface area contributed by atoms with Crippen molar-refractivity contribution in [3.8, 4) is 34.8 Å². The molecule has 0 aliphatic carbocycles. The van der Waals surface area contributed by atoms with E-state index >= 15 is 0 Å². The van der Waals surface area contributed by atoms with E-state index in [9.17, 15) is 4.79 Å². The Balaban J connectivity index is 1.92. The average Bonchev–Trinajstić information content (AvgIpc) is 2.70. The summed E-state index contributed by atoms with van der Waals surface area (Å²) in [7, 11) is 4.48. The quantitative estimate of drug-likeness (QED) is 0.737. The lowest BCUT2D eigenvalue weighted by molar-refractivity contribution is 0.0958. The number of para-hydroxylation sites is 1. The summed E-state index contributed by atoms with van der Waals surface area (Å²) in [5, 5.41) is 3.23. The smallest absolute Gasteiger partial charge is 0.252 e. The molecule has 1 amide bonds. The predicted octanol–water partition coefficient (Wildman–Crippen LogP) is 3.18. The van der Waals surface area contributed by atoms with Crippen LogP contribution in [-0.2, 0) is 0 Å². The van der Waals surface area contributed by atoms with Crippen LogP contribution in [0.5, 0.6) is 23.0 Å². The summed E-state index contributed by atoms with van der Waals surface area (Å²) in [5.41, 5.74) is 0.374. The van der Waals surface area contributed by atoms with E-state index in [1.54, 1.807) is 24.3 Å². The van der Waals surface area contributed by atoms with E-state index in [1.807, 2.05) is 12.1 Å². The zero-order valence-electron chi connectivity index (χ0n) is 15.3. The molecule has 2 aromatic rings. The molecule has 2 aromatic carbocycles. The van der Waals surface area contributed by atoms with Crippen LogP contribution < -0.4 is 24.3 Å². The summed E-state index contributed by atoms with van der Waals surface area (Å²) in [6, 6.07) is 10.3. The van der Waals surface area contributed by atoms with Gasteiger partial charge in [0.05, 0.1) is 32.9 Å². The summed E-state index contributed by atoms with van der Waals surface area (Å²) in [6.07, 6.45) is 0. The molecule has 7 heteroatoms. The lowest BCUT2D eigenvalue weighted by Gasteiger charge is -2.13. The third kappa shape index (κ3) is 5.47. The van der Waals surface area contributed by atoms with Crippen molar-refractivity contribution >= 4 is 17.5 Å². The van der Waals surface area contributed by atoms with Gasteiger partial charge in [-0.15, -0.1) is 0 Å². The van der Waals surface area contributed by atoms with Crippen molar-refractivity contribution in [3.05, 3.63) is 47.0 Å². The highest BCUT2D eigenvalue weighted by Crippen LogP contribution is 2.38. The van der Waals surface area contributed by atoms with Crippen LogP contribution in [0.15, 0.2) is 36.4 Å². The lowest BCUT2D eigenvalue weighted by atomic mass is 10.1. The summed E-state index contributed by atoms with van der Waals surface area (Å²) >= 11 is 5.99. The van der Waals surface area contributed by atoms with Gasteiger partial charge < -0.3 is 24.3 Å². The molecule has 0 unspecified atom stereocenters. The molecule has 0 atom stereocenters. The Morgan fingerprint density at radius 2 is 1.67 bits per heavy atom. The molecule has 27 heavy (non-hydrogen) atoms. The highest BCUT2D eigenvalue weighted by molar-refractivity contribution is 6.32. The second kappa shape index (κ2) is 10.2. The van der Waals surface area contributed by atoms with Crippen molar-refractivity contribution in [3.63, 3.8) is 0 Å². The zero-order valence-corrected chi connectivity index (χ0v) is 16.1. The minimum atomic E-state index is -0.310. The zero-order chi connectivity index (χ0) is 19.6. The van der Waals surface area contributed by atoms with Crippen molar-refractivity contribution in [2.24, 2.45) is 0 Å². The third-order valence-electron chi connectivity index (χ3n) is 3.53. The number of hydrogen-bond acceptors (Lipinski definition) is 5. The summed E-state index contributed by atoms with van der Waals surface area (Å²) in [6.45, 7) is 0.338. The van der Waals surface area contributed by atoms with Gasteiger partial charge in [-0.2, -0.15) is 0 Å². The van der Waals surface area contributed by atoms with Gasteiger partial charge in [-0.25, -0.2) is 0 Å². The first-order valence-corrected chi connectivity index (χ1v) is 8.39. The molecule has 0 saturated heterocycles. The first kappa shape index (κ1) is 20.3. The minimum Gasteiger partial charge on any atom is -0.493 e. The van der Waals surface area contributed by atoms with Crippen molar-refractivity contribution in [2.75, 3.05) is 34.5 Å². The van der Waals surface area contributed by atoms with Crippen molar-refractivity contribution in [1.82, 2.24) is 5.32 Å². The second-order valence-corrected chi connectivity index (χ2v) is 5.58. The molecule has 6 nitrogen and oxygen atoms in total. The summed E-state index contributed by atoms with van der Waals surface area (Å²) in [5.74, 6) is 7.12. The van der Waals surface area contributed by atoms with Gasteiger partial charge in [-0.1, -0.05) is 35.6 Å². The summed E-state index contributed by atoms with van der Waals surface area (Å²) < 4.78 is 21.2. The second-order valence-electron chi connectivity index (χ2n) is 5.17. The first-order chi connectivity index (χ1) is 13.1. The fraction of sp³-hybridized carbons (Fsp3) is 0.250. The van der Waals surface area contributed by atoms with Crippen LogP contribution in [0, 0.1) is 11.8 Å². The van der Waals surface area contributed by atoms with Gasteiger partial charge in [0.25, 0.3) is 5.91 Å². The Morgan fingerprint density at radius 3 is 2.26 bits per heavy atom. The summed E-state index contributed by atoms with van der Waals surface area (Å²) in [4.78, 5) is 12.3. The van der Waals surface area contributed by atoms with Gasteiger partial charge >= 0.3 is 0 Å². The van der Waals surface area contributed by atoms with Crippen LogP contribution in [0.25, 0.3) is 0 Å². The number of carbonyl (C=O) groups excluding carboxylic acids is 1. The van der Waals surface area contributed by atoms with Crippen LogP contribution >= 0.6 is 11.6 Å². The molecule has 0 aliphatic heterocycles. The van der Waals surface area contributed by atoms with Crippen molar-refractivity contribution in [2.45, 2.75) is 0 Å². The molecule has 0 heterocycles. The molecule has 0 bridgehead atoms. The first-order valence-electron chi connectivity index (χ1n) is 8.02. The van der Waals surface area contributed by atoms with E-state index < -0.39 is 0 Å². The fourth-order valence-corrected chi connectivity index (χ4v) is 2.42. The monoisotopic (exact) mass is 389 g/mol. The van der Waals surface area contributed by atoms with Crippen LogP contribution in [0.4, 0.5) is 0 Å². The standard InChI is InChI=1S/C20H20ClNO5/c1-24-17-12-14(13-18(25-2)19(17)26-3)20(23)22-10-6-7-11-27-16-9-5-4-8-15(16)21/h4-5,8-9,12-13H,10-11H2,1-3H3,(H,22,23). The van der Waals surface area contributed by atoms with Crippen molar-refractivity contribution in [1.29, 1.82) is 0 Å². The molecule has 0 fully saturated rings. The Labute approximate surface area is 163 Å². The normalized spacial score (nSPS) is 9.63. The van der Waals surface area contributed by atoms with E-state index in [2.05, 4.69) is 17.2 Å². The van der Waals surface area contributed by atoms with E-state index in [0.29, 0.717) is 33.6 Å². The molecule has 0 spiro atoms. The third-order valence-corrected chi connectivity index (χ3v) is 3.84. The van der Waals surface area contributed by atoms with Crippen LogP contribution in [0.2, 0.25) is 5.02 Å². The van der Waals surface area contributed by atoms with Gasteiger partial charge in [0, 0.05) is 5.56 Å². The highest BCUT2D eigenvalue weighted by Gasteiger charge is 2.16. The van der Waals surface area contributed by atoms with Gasteiger partial charge in [0.1, 0.15) is 12.4 Å². The molecule has 0 saturated carbocycles. The average molecular weight is 390 g/mol. The Hall–Kier alpha value is -3.04. The number of benzene rings is 2. The van der Waals surface area contributed by atoms with Crippen molar-refractivity contribution < 1.29 is 23.7 Å². The van der Waals surface area contributed by atoms with Gasteiger partial charge in [-0.05, 0) is 24.3 Å². The SMILES string of the molecule is COc1cc(C(=O)NCC#CCOc2ccccc2Cl)cc(OC)c1OC. The maximum Gasteiger partial charge on any atom is 0.252 e. The topological polar surface area (TPSA) is 66.0 Å². The Morgan fingerprint density at radius 1 is 1.00 bits per heavy atom. The number of carbonyl (C=O) groups is 1. The van der Waals surface area contributed by atoms with E-state index in [1.165, 1.54) is 21.3 Å². The number of rotatable bonds is 7. The molecule has 0 aromatic heterocycles. The molecule has 142 valence electrons. The van der Waals surface area contributed by atoms with Gasteiger partial charge in [-0.3, -0.25) is 4.79 Å². The lowest BCUT2D eigenvalue weighted by Crippen LogP contribution is -2.23. The number of nitrogens with one attached hydrogen (secondary N) is 1. The minimum absolute atomic E-state index is 0.168. The Bertz CT molecular complexity index is 832. The number of amides is 1. The Kier molecular flexibility index (Phi) is 7.65. The molecule has 1 N–H and O–H groups in total. The number of ether oxygens (including phenoxy) is 4. The maximum absolute atomic E-state index is 12.3. The molecule has 2 rings (SSSR count). The maximum atomic E-state index is 12.3. The highest BCUT2D eigenvalue weighted by atomic mass is 35.5. The molecular weight excluding hydrogens is 370 g/mol. The van der Waals surface area contributed by atoms with E-state index in [0.717, 1.165) is 0 Å². The number of halogens is 1. The number of methoxy groups -OCH3 is 3. The largest absolute Gasteiger partial charge is 0.493 e. The van der Waals surface area contributed by atoms with E-state index in [4.69, 9.17) is 30.5 Å². The number of hydrogen-bond donors (Lipinski definition) is 1. The van der Waals surface area contributed by atoms with E-state index in [-0.39, 0.29) is 19.1 Å². The van der Waals surface area contributed by atoms with Crippen LogP contribution in [0.1, 0.15) is 10.4 Å². The van der Waals surface area contributed by atoms with Gasteiger partial charge in [0.2, 0.25) is 5.75 Å². The van der Waals surface area contributed by atoms with Crippen LogP contribution in [0.3, 0.4) is 0 Å². The van der Waals surface area contributed by atoms with Gasteiger partial charge in [0.15, 0.2) is 11.5 Å². The molecule has 0 aliphatic rings.